The van der Waals surface area contributed by atoms with E-state index in [2.05, 4.69) is 20.3 Å². The molecule has 0 bridgehead atoms. The van der Waals surface area contributed by atoms with Crippen LogP contribution in [0.4, 0.5) is 5.13 Å². The van der Waals surface area contributed by atoms with E-state index in [1.54, 1.807) is 24.5 Å². The van der Waals surface area contributed by atoms with Gasteiger partial charge in [-0.2, -0.15) is 0 Å². The lowest BCUT2D eigenvalue weighted by molar-refractivity contribution is -0.123. The Morgan fingerprint density at radius 1 is 1.39 bits per heavy atom. The van der Waals surface area contributed by atoms with E-state index in [1.807, 2.05) is 12.3 Å². The molecule has 118 valence electrons. The molecule has 2 N–H and O–H groups in total. The molecule has 1 unspecified atom stereocenters. The molecule has 8 heteroatoms. The van der Waals surface area contributed by atoms with Gasteiger partial charge in [0.2, 0.25) is 0 Å². The highest BCUT2D eigenvalue weighted by Crippen LogP contribution is 2.16. The number of benzene rings is 1. The summed E-state index contributed by atoms with van der Waals surface area (Å²) < 4.78 is 5.19. The first-order valence-electron chi connectivity index (χ1n) is 6.90. The predicted octanol–water partition coefficient (Wildman–Crippen LogP) is 2.51. The third kappa shape index (κ3) is 3.37. The van der Waals surface area contributed by atoms with Crippen LogP contribution in [0.15, 0.2) is 29.9 Å². The van der Waals surface area contributed by atoms with Gasteiger partial charge in [-0.05, 0) is 32.0 Å². The van der Waals surface area contributed by atoms with Crippen molar-refractivity contribution in [2.75, 3.05) is 5.32 Å². The Morgan fingerprint density at radius 3 is 2.96 bits per heavy atom. The van der Waals surface area contributed by atoms with Crippen molar-refractivity contribution >= 4 is 39.4 Å². The molecule has 23 heavy (non-hydrogen) atoms. The van der Waals surface area contributed by atoms with Crippen LogP contribution < -0.4 is 5.32 Å². The van der Waals surface area contributed by atoms with Crippen molar-refractivity contribution in [2.45, 2.75) is 20.0 Å². The summed E-state index contributed by atoms with van der Waals surface area (Å²) in [5.41, 5.74) is 2.66. The standard InChI is InChI=1S/C15H14N4O3S/c1-8-6-23-15(18-8)19-13(20)9(2)22-14(21)10-3-4-11-12(5-10)17-7-16-11/h3-7,9H,1-2H3,(H,16,17)(H,18,19,20). The van der Waals surface area contributed by atoms with Crippen LogP contribution in [0.25, 0.3) is 11.0 Å². The number of hydrogen-bond donors (Lipinski definition) is 2. The smallest absolute Gasteiger partial charge is 0.338 e. The molecular weight excluding hydrogens is 316 g/mol. The Kier molecular flexibility index (Phi) is 4.07. The fraction of sp³-hybridized carbons (Fsp3) is 0.200. The van der Waals surface area contributed by atoms with Crippen molar-refractivity contribution in [2.24, 2.45) is 0 Å². The number of nitrogens with one attached hydrogen (secondary N) is 2. The molecular formula is C15H14N4O3S. The molecule has 1 amide bonds. The number of carbonyl (C=O) groups is 2. The highest BCUT2D eigenvalue weighted by Gasteiger charge is 2.20. The Bertz CT molecular complexity index is 870. The first kappa shape index (κ1) is 15.2. The fourth-order valence-electron chi connectivity index (χ4n) is 1.96. The second kappa shape index (κ2) is 6.17. The minimum Gasteiger partial charge on any atom is -0.449 e. The zero-order valence-electron chi connectivity index (χ0n) is 12.5. The lowest BCUT2D eigenvalue weighted by Crippen LogP contribution is -2.30. The minimum absolute atomic E-state index is 0.353. The largest absolute Gasteiger partial charge is 0.449 e. The number of nitrogens with zero attached hydrogens (tertiary/aromatic N) is 2. The van der Waals surface area contributed by atoms with Crippen LogP contribution >= 0.6 is 11.3 Å². The summed E-state index contributed by atoms with van der Waals surface area (Å²) in [6.45, 7) is 3.35. The SMILES string of the molecule is Cc1csc(NC(=O)C(C)OC(=O)c2ccc3nc[nH]c3c2)n1. The van der Waals surface area contributed by atoms with Gasteiger partial charge >= 0.3 is 5.97 Å². The maximum absolute atomic E-state index is 12.1. The number of aryl methyl sites for hydroxylation is 1. The van der Waals surface area contributed by atoms with Crippen LogP contribution in [0.2, 0.25) is 0 Å². The summed E-state index contributed by atoms with van der Waals surface area (Å²) in [5.74, 6) is -0.991. The number of aromatic nitrogens is 3. The first-order valence-corrected chi connectivity index (χ1v) is 7.78. The summed E-state index contributed by atoms with van der Waals surface area (Å²) >= 11 is 1.32. The molecule has 0 radical (unpaired) electrons. The Hall–Kier alpha value is -2.74. The van der Waals surface area contributed by atoms with Gasteiger partial charge in [-0.25, -0.2) is 14.8 Å². The first-order chi connectivity index (χ1) is 11.0. The second-order valence-corrected chi connectivity index (χ2v) is 5.82. The highest BCUT2D eigenvalue weighted by molar-refractivity contribution is 7.13. The van der Waals surface area contributed by atoms with Crippen LogP contribution in [0, 0.1) is 6.92 Å². The molecule has 0 spiro atoms. The highest BCUT2D eigenvalue weighted by atomic mass is 32.1. The molecule has 3 aromatic rings. The van der Waals surface area contributed by atoms with E-state index < -0.39 is 18.0 Å². The number of ether oxygens (including phenoxy) is 1. The lowest BCUT2D eigenvalue weighted by atomic mass is 10.2. The third-order valence-electron chi connectivity index (χ3n) is 3.16. The molecule has 0 saturated carbocycles. The van der Waals surface area contributed by atoms with E-state index in [-0.39, 0.29) is 0 Å². The molecule has 0 aliphatic rings. The number of imidazole rings is 1. The minimum atomic E-state index is -0.927. The number of H-pyrrole nitrogens is 1. The molecule has 2 heterocycles. The fourth-order valence-corrected chi connectivity index (χ4v) is 2.65. The van der Waals surface area contributed by atoms with Crippen molar-refractivity contribution in [3.63, 3.8) is 0 Å². The van der Waals surface area contributed by atoms with Crippen molar-refractivity contribution in [3.8, 4) is 0 Å². The summed E-state index contributed by atoms with van der Waals surface area (Å²) in [7, 11) is 0. The average molecular weight is 330 g/mol. The molecule has 1 atom stereocenters. The topological polar surface area (TPSA) is 97.0 Å². The number of amides is 1. The number of hydrogen-bond acceptors (Lipinski definition) is 6. The zero-order chi connectivity index (χ0) is 16.4. The predicted molar refractivity (Wildman–Crippen MR) is 86.5 cm³/mol. The zero-order valence-corrected chi connectivity index (χ0v) is 13.3. The molecule has 0 saturated heterocycles. The van der Waals surface area contributed by atoms with Gasteiger partial charge in [0.05, 0.1) is 28.6 Å². The molecule has 0 aliphatic carbocycles. The quantitative estimate of drug-likeness (QED) is 0.716. The van der Waals surface area contributed by atoms with E-state index in [0.29, 0.717) is 10.7 Å². The van der Waals surface area contributed by atoms with Gasteiger partial charge in [-0.1, -0.05) is 0 Å². The summed E-state index contributed by atoms with van der Waals surface area (Å²) in [5, 5.41) is 4.93. The summed E-state index contributed by atoms with van der Waals surface area (Å²) in [4.78, 5) is 35.3. The maximum atomic E-state index is 12.1. The molecule has 7 nitrogen and oxygen atoms in total. The van der Waals surface area contributed by atoms with Crippen molar-refractivity contribution in [1.29, 1.82) is 0 Å². The molecule has 1 aromatic carbocycles. The van der Waals surface area contributed by atoms with Gasteiger partial charge in [0, 0.05) is 5.38 Å². The van der Waals surface area contributed by atoms with E-state index in [0.717, 1.165) is 16.7 Å². The van der Waals surface area contributed by atoms with Gasteiger partial charge < -0.3 is 9.72 Å². The number of fused-ring (bicyclic) bond motifs is 1. The second-order valence-electron chi connectivity index (χ2n) is 4.97. The van der Waals surface area contributed by atoms with Crippen molar-refractivity contribution < 1.29 is 14.3 Å². The van der Waals surface area contributed by atoms with Gasteiger partial charge in [0.1, 0.15) is 0 Å². The van der Waals surface area contributed by atoms with Gasteiger partial charge in [-0.15, -0.1) is 11.3 Å². The summed E-state index contributed by atoms with van der Waals surface area (Å²) in [6.07, 6.45) is 0.621. The van der Waals surface area contributed by atoms with E-state index in [1.165, 1.54) is 18.3 Å². The molecule has 2 aromatic heterocycles. The van der Waals surface area contributed by atoms with Crippen LogP contribution in [0.5, 0.6) is 0 Å². The van der Waals surface area contributed by atoms with Gasteiger partial charge in [0.15, 0.2) is 11.2 Å². The number of esters is 1. The molecule has 0 aliphatic heterocycles. The Labute approximate surface area is 135 Å². The average Bonchev–Trinajstić information content (AvgIpc) is 3.14. The number of thiazole rings is 1. The summed E-state index contributed by atoms with van der Waals surface area (Å²) in [6, 6.07) is 4.96. The molecule has 0 fully saturated rings. The van der Waals surface area contributed by atoms with Crippen LogP contribution in [-0.4, -0.2) is 32.9 Å². The normalized spacial score (nSPS) is 12.1. The maximum Gasteiger partial charge on any atom is 0.338 e. The van der Waals surface area contributed by atoms with Gasteiger partial charge in [-0.3, -0.25) is 10.1 Å². The molecule has 3 rings (SSSR count). The van der Waals surface area contributed by atoms with E-state index in [9.17, 15) is 9.59 Å². The monoisotopic (exact) mass is 330 g/mol. The van der Waals surface area contributed by atoms with Crippen molar-refractivity contribution in [3.05, 3.63) is 41.2 Å². The van der Waals surface area contributed by atoms with Crippen LogP contribution in [0.1, 0.15) is 23.0 Å². The number of carbonyl (C=O) groups excluding carboxylic acids is 2. The lowest BCUT2D eigenvalue weighted by Gasteiger charge is -2.12. The number of rotatable bonds is 4. The van der Waals surface area contributed by atoms with Crippen LogP contribution in [-0.2, 0) is 9.53 Å². The van der Waals surface area contributed by atoms with E-state index >= 15 is 0 Å². The third-order valence-corrected chi connectivity index (χ3v) is 4.03. The Morgan fingerprint density at radius 2 is 2.22 bits per heavy atom. The van der Waals surface area contributed by atoms with Gasteiger partial charge in [0.25, 0.3) is 5.91 Å². The number of anilines is 1. The number of aromatic amines is 1. The van der Waals surface area contributed by atoms with E-state index in [4.69, 9.17) is 4.74 Å². The van der Waals surface area contributed by atoms with Crippen molar-refractivity contribution in [1.82, 2.24) is 15.0 Å². The van der Waals surface area contributed by atoms with Crippen LogP contribution in [0.3, 0.4) is 0 Å². The Balaban J connectivity index is 1.65.